The molecule has 0 spiro atoms. The maximum atomic E-state index is 11.8. The number of likely N-dealkylation sites (N-methyl/N-ethyl adjacent to an activating group) is 1. The third-order valence-electron chi connectivity index (χ3n) is 5.50. The highest BCUT2D eigenvalue weighted by Gasteiger charge is 2.24. The van der Waals surface area contributed by atoms with Crippen LogP contribution in [0.15, 0.2) is 24.3 Å². The lowest BCUT2D eigenvalue weighted by Gasteiger charge is -2.24. The quantitative estimate of drug-likeness (QED) is 0.0626. The first-order valence-electron chi connectivity index (χ1n) is 13.6. The largest absolute Gasteiger partial charge is 0.472 e. The summed E-state index contributed by atoms with van der Waals surface area (Å²) in [6, 6.07) is 0. The van der Waals surface area contributed by atoms with E-state index in [1.807, 2.05) is 21.1 Å². The summed E-state index contributed by atoms with van der Waals surface area (Å²) in [5.74, 6) is 0. The molecule has 2 unspecified atom stereocenters. The minimum atomic E-state index is -4.14. The van der Waals surface area contributed by atoms with Crippen LogP contribution in [-0.2, 0) is 18.3 Å². The van der Waals surface area contributed by atoms with Gasteiger partial charge in [-0.1, -0.05) is 76.2 Å². The Bertz CT molecular complexity index is 577. The molecule has 35 heavy (non-hydrogen) atoms. The summed E-state index contributed by atoms with van der Waals surface area (Å²) in [5, 5.41) is 9.86. The number of ether oxygens (including phenoxy) is 1. The Labute approximate surface area is 215 Å². The average Bonchev–Trinajstić information content (AvgIpc) is 2.78. The highest BCUT2D eigenvalue weighted by Crippen LogP contribution is 2.43. The highest BCUT2D eigenvalue weighted by atomic mass is 31.2. The normalized spacial score (nSPS) is 15.3. The fraction of sp³-hybridized carbons (Fsp3) is 0.852. The number of phosphoric acid groups is 1. The van der Waals surface area contributed by atoms with Gasteiger partial charge in [-0.2, -0.15) is 0 Å². The van der Waals surface area contributed by atoms with E-state index in [2.05, 4.69) is 31.2 Å². The second-order valence-corrected chi connectivity index (χ2v) is 11.7. The van der Waals surface area contributed by atoms with Crippen molar-refractivity contribution < 1.29 is 32.8 Å². The zero-order valence-electron chi connectivity index (χ0n) is 23.0. The summed E-state index contributed by atoms with van der Waals surface area (Å²) >= 11 is 0. The van der Waals surface area contributed by atoms with E-state index < -0.39 is 13.9 Å². The van der Waals surface area contributed by atoms with E-state index in [4.69, 9.17) is 13.8 Å². The van der Waals surface area contributed by atoms with Crippen molar-refractivity contribution in [3.63, 3.8) is 0 Å². The number of nitrogens with zero attached hydrogens (tertiary/aromatic N) is 1. The molecule has 2 N–H and O–H groups in total. The molecular weight excluding hydrogens is 465 g/mol. The maximum absolute atomic E-state index is 11.8. The zero-order chi connectivity index (χ0) is 26.3. The van der Waals surface area contributed by atoms with Crippen LogP contribution in [0, 0.1) is 0 Å². The van der Waals surface area contributed by atoms with Crippen molar-refractivity contribution >= 4 is 7.82 Å². The predicted octanol–water partition coefficient (Wildman–Crippen LogP) is 6.41. The third-order valence-corrected chi connectivity index (χ3v) is 6.48. The van der Waals surface area contributed by atoms with Gasteiger partial charge < -0.3 is 19.2 Å². The van der Waals surface area contributed by atoms with Gasteiger partial charge in [-0.25, -0.2) is 4.57 Å². The summed E-state index contributed by atoms with van der Waals surface area (Å²) in [6.07, 6.45) is 24.0. The Kier molecular flexibility index (Phi) is 22.3. The maximum Gasteiger partial charge on any atom is 0.472 e. The standard InChI is InChI=1S/C27H54NO6P/c1-5-6-7-8-9-10-11-12-13-14-15-16-17-18-19-20-21-23-32-25-27(29)26-34-35(30,31)33-24-22-28(2,3)4/h10-11,13-14,27,29H,5-9,12,15-26H2,1-4H3/p+1/b11-10-,14-13-. The van der Waals surface area contributed by atoms with E-state index in [1.54, 1.807) is 0 Å². The van der Waals surface area contributed by atoms with Crippen molar-refractivity contribution in [2.75, 3.05) is 54.1 Å². The molecule has 8 heteroatoms. The summed E-state index contributed by atoms with van der Waals surface area (Å²) in [6.45, 7) is 3.30. The number of hydrogen-bond acceptors (Lipinski definition) is 5. The molecular formula is C27H55NO6P+. The molecule has 0 radical (unpaired) electrons. The van der Waals surface area contributed by atoms with Gasteiger partial charge in [-0.15, -0.1) is 0 Å². The monoisotopic (exact) mass is 520 g/mol. The van der Waals surface area contributed by atoms with E-state index in [9.17, 15) is 14.6 Å². The highest BCUT2D eigenvalue weighted by molar-refractivity contribution is 7.47. The summed E-state index contributed by atoms with van der Waals surface area (Å²) < 4.78 is 27.6. The first-order chi connectivity index (χ1) is 16.7. The number of aliphatic hydroxyl groups is 1. The number of quaternary nitrogens is 1. The van der Waals surface area contributed by atoms with Gasteiger partial charge in [0.15, 0.2) is 0 Å². The van der Waals surface area contributed by atoms with Gasteiger partial charge in [0.1, 0.15) is 19.3 Å². The fourth-order valence-electron chi connectivity index (χ4n) is 3.28. The number of phosphoric ester groups is 1. The average molecular weight is 521 g/mol. The number of rotatable bonds is 25. The summed E-state index contributed by atoms with van der Waals surface area (Å²) in [5.41, 5.74) is 0. The van der Waals surface area contributed by atoms with E-state index in [0.29, 0.717) is 17.6 Å². The van der Waals surface area contributed by atoms with Crippen LogP contribution >= 0.6 is 7.82 Å². The fourth-order valence-corrected chi connectivity index (χ4v) is 4.03. The molecule has 0 aromatic carbocycles. The Morgan fingerprint density at radius 1 is 0.771 bits per heavy atom. The van der Waals surface area contributed by atoms with Gasteiger partial charge in [-0.3, -0.25) is 9.05 Å². The number of hydrogen-bond donors (Lipinski definition) is 2. The van der Waals surface area contributed by atoms with Gasteiger partial charge in [-0.05, 0) is 38.5 Å². The molecule has 0 heterocycles. The number of unbranched alkanes of at least 4 members (excludes halogenated alkanes) is 10. The topological polar surface area (TPSA) is 85.2 Å². The van der Waals surface area contributed by atoms with E-state index in [-0.39, 0.29) is 19.8 Å². The van der Waals surface area contributed by atoms with Crippen molar-refractivity contribution in [1.82, 2.24) is 0 Å². The van der Waals surface area contributed by atoms with Gasteiger partial charge in [0.05, 0.1) is 34.4 Å². The SMILES string of the molecule is CCCCCC/C=C\C/C=C\CCCCCCCCOCC(O)COP(=O)(O)OCC[N+](C)(C)C. The molecule has 0 bridgehead atoms. The molecule has 208 valence electrons. The Morgan fingerprint density at radius 3 is 1.94 bits per heavy atom. The molecule has 0 aliphatic rings. The molecule has 0 aromatic heterocycles. The molecule has 0 aliphatic carbocycles. The van der Waals surface area contributed by atoms with Crippen LogP contribution < -0.4 is 0 Å². The summed E-state index contributed by atoms with van der Waals surface area (Å²) in [4.78, 5) is 9.64. The molecule has 0 fully saturated rings. The minimum Gasteiger partial charge on any atom is -0.388 e. The van der Waals surface area contributed by atoms with Crippen LogP contribution in [0.25, 0.3) is 0 Å². The van der Waals surface area contributed by atoms with Crippen LogP contribution in [-0.4, -0.2) is 74.7 Å². The molecule has 0 amide bonds. The van der Waals surface area contributed by atoms with E-state index in [1.165, 1.54) is 57.8 Å². The van der Waals surface area contributed by atoms with Crippen molar-refractivity contribution in [2.45, 2.75) is 96.5 Å². The third kappa shape index (κ3) is 27.9. The second-order valence-electron chi connectivity index (χ2n) is 10.3. The predicted molar refractivity (Wildman–Crippen MR) is 145 cm³/mol. The van der Waals surface area contributed by atoms with Crippen LogP contribution in [0.3, 0.4) is 0 Å². The first kappa shape index (κ1) is 34.5. The van der Waals surface area contributed by atoms with Crippen molar-refractivity contribution in [2.24, 2.45) is 0 Å². The van der Waals surface area contributed by atoms with Crippen molar-refractivity contribution in [3.05, 3.63) is 24.3 Å². The number of aliphatic hydroxyl groups excluding tert-OH is 1. The minimum absolute atomic E-state index is 0.0826. The van der Waals surface area contributed by atoms with E-state index in [0.717, 1.165) is 25.7 Å². The van der Waals surface area contributed by atoms with Gasteiger partial charge in [0.2, 0.25) is 0 Å². The molecule has 7 nitrogen and oxygen atoms in total. The van der Waals surface area contributed by atoms with Crippen molar-refractivity contribution in [1.29, 1.82) is 0 Å². The molecule has 0 rings (SSSR count). The van der Waals surface area contributed by atoms with Gasteiger partial charge in [0, 0.05) is 6.61 Å². The van der Waals surface area contributed by atoms with Crippen LogP contribution in [0.2, 0.25) is 0 Å². The van der Waals surface area contributed by atoms with Crippen LogP contribution in [0.5, 0.6) is 0 Å². The Balaban J connectivity index is 3.46. The smallest absolute Gasteiger partial charge is 0.388 e. The lowest BCUT2D eigenvalue weighted by atomic mass is 10.1. The van der Waals surface area contributed by atoms with Crippen LogP contribution in [0.1, 0.15) is 90.4 Å². The second kappa shape index (κ2) is 22.7. The lowest BCUT2D eigenvalue weighted by Crippen LogP contribution is -2.37. The van der Waals surface area contributed by atoms with Gasteiger partial charge in [0.25, 0.3) is 0 Å². The molecule has 0 saturated carbocycles. The summed E-state index contributed by atoms with van der Waals surface area (Å²) in [7, 11) is 1.74. The first-order valence-corrected chi connectivity index (χ1v) is 15.1. The van der Waals surface area contributed by atoms with Crippen LogP contribution in [0.4, 0.5) is 0 Å². The lowest BCUT2D eigenvalue weighted by molar-refractivity contribution is -0.870. The Morgan fingerprint density at radius 2 is 1.34 bits per heavy atom. The van der Waals surface area contributed by atoms with E-state index >= 15 is 0 Å². The van der Waals surface area contributed by atoms with Gasteiger partial charge >= 0.3 is 7.82 Å². The Hall–Kier alpha value is -0.530. The molecule has 0 saturated heterocycles. The molecule has 0 aliphatic heterocycles. The number of allylic oxidation sites excluding steroid dienone is 4. The zero-order valence-corrected chi connectivity index (χ0v) is 23.9. The molecule has 2 atom stereocenters. The van der Waals surface area contributed by atoms with Crippen molar-refractivity contribution in [3.8, 4) is 0 Å². The molecule has 0 aromatic rings.